The SMILES string of the molecule is N#Cc1ccc(S(=O)(=O)NCCC2=CCCC2)c(Cl)c1. The quantitative estimate of drug-likeness (QED) is 0.850. The lowest BCUT2D eigenvalue weighted by Gasteiger charge is -2.09. The second-order valence-corrected chi connectivity index (χ2v) is 6.80. The highest BCUT2D eigenvalue weighted by atomic mass is 35.5. The van der Waals surface area contributed by atoms with Crippen LogP contribution >= 0.6 is 11.6 Å². The Bertz CT molecular complexity index is 675. The minimum atomic E-state index is -3.63. The van der Waals surface area contributed by atoms with Gasteiger partial charge in [-0.1, -0.05) is 23.3 Å². The summed E-state index contributed by atoms with van der Waals surface area (Å²) < 4.78 is 26.8. The van der Waals surface area contributed by atoms with E-state index in [4.69, 9.17) is 16.9 Å². The van der Waals surface area contributed by atoms with Gasteiger partial charge in [-0.15, -0.1) is 0 Å². The second-order valence-electron chi connectivity index (χ2n) is 4.66. The molecule has 0 amide bonds. The molecule has 1 aliphatic rings. The molecule has 0 bridgehead atoms. The first-order valence-corrected chi connectivity index (χ1v) is 8.26. The van der Waals surface area contributed by atoms with Gasteiger partial charge in [0, 0.05) is 6.54 Å². The predicted octanol–water partition coefficient (Wildman–Crippen LogP) is 2.99. The van der Waals surface area contributed by atoms with Crippen molar-refractivity contribution >= 4 is 21.6 Å². The molecule has 0 fully saturated rings. The Balaban J connectivity index is 2.04. The highest BCUT2D eigenvalue weighted by Crippen LogP contribution is 2.23. The highest BCUT2D eigenvalue weighted by molar-refractivity contribution is 7.89. The maximum absolute atomic E-state index is 12.1. The van der Waals surface area contributed by atoms with Crippen LogP contribution in [0.3, 0.4) is 0 Å². The molecule has 6 heteroatoms. The van der Waals surface area contributed by atoms with Gasteiger partial charge >= 0.3 is 0 Å². The van der Waals surface area contributed by atoms with Gasteiger partial charge in [0.05, 0.1) is 16.7 Å². The Hall–Kier alpha value is -1.35. The summed E-state index contributed by atoms with van der Waals surface area (Å²) in [5.74, 6) is 0. The van der Waals surface area contributed by atoms with E-state index in [1.807, 2.05) is 6.07 Å². The fraction of sp³-hybridized carbons (Fsp3) is 0.357. The number of nitrogens with one attached hydrogen (secondary N) is 1. The molecule has 0 saturated heterocycles. The Morgan fingerprint density at radius 2 is 2.20 bits per heavy atom. The number of benzene rings is 1. The topological polar surface area (TPSA) is 70.0 Å². The molecule has 20 heavy (non-hydrogen) atoms. The van der Waals surface area contributed by atoms with Crippen LogP contribution in [0.15, 0.2) is 34.7 Å². The van der Waals surface area contributed by atoms with Gasteiger partial charge in [-0.05, 0) is 43.9 Å². The van der Waals surface area contributed by atoms with E-state index in [2.05, 4.69) is 10.8 Å². The molecule has 1 aromatic rings. The van der Waals surface area contributed by atoms with Gasteiger partial charge < -0.3 is 0 Å². The largest absolute Gasteiger partial charge is 0.242 e. The molecular formula is C14H15ClN2O2S. The van der Waals surface area contributed by atoms with Crippen LogP contribution in [0.1, 0.15) is 31.2 Å². The summed E-state index contributed by atoms with van der Waals surface area (Å²) in [6, 6.07) is 6.08. The Labute approximate surface area is 124 Å². The van der Waals surface area contributed by atoms with E-state index in [0.29, 0.717) is 12.1 Å². The average Bonchev–Trinajstić information content (AvgIpc) is 2.91. The summed E-state index contributed by atoms with van der Waals surface area (Å²) in [4.78, 5) is 0.0126. The Morgan fingerprint density at radius 3 is 2.80 bits per heavy atom. The van der Waals surface area contributed by atoms with E-state index in [1.165, 1.54) is 23.8 Å². The van der Waals surface area contributed by atoms with Crippen molar-refractivity contribution in [3.05, 3.63) is 40.4 Å². The standard InChI is InChI=1S/C14H15ClN2O2S/c15-13-9-12(10-16)5-6-14(13)20(18,19)17-8-7-11-3-1-2-4-11/h3,5-6,9,17H,1-2,4,7-8H2. The number of halogens is 1. The van der Waals surface area contributed by atoms with Crippen molar-refractivity contribution in [3.8, 4) is 6.07 Å². The van der Waals surface area contributed by atoms with Gasteiger partial charge in [0.15, 0.2) is 0 Å². The van der Waals surface area contributed by atoms with E-state index >= 15 is 0 Å². The molecule has 1 aromatic carbocycles. The molecule has 0 saturated carbocycles. The maximum atomic E-state index is 12.1. The van der Waals surface area contributed by atoms with E-state index in [0.717, 1.165) is 25.7 Å². The average molecular weight is 311 g/mol. The fourth-order valence-corrected chi connectivity index (χ4v) is 3.75. The molecule has 0 radical (unpaired) electrons. The van der Waals surface area contributed by atoms with Crippen LogP contribution in [-0.4, -0.2) is 15.0 Å². The number of hydrogen-bond donors (Lipinski definition) is 1. The van der Waals surface area contributed by atoms with E-state index in [9.17, 15) is 8.42 Å². The third kappa shape index (κ3) is 3.60. The fourth-order valence-electron chi connectivity index (χ4n) is 2.18. The molecule has 4 nitrogen and oxygen atoms in total. The minimum absolute atomic E-state index is 0.0126. The zero-order valence-corrected chi connectivity index (χ0v) is 12.5. The van der Waals surface area contributed by atoms with Crippen LogP contribution < -0.4 is 4.72 Å². The van der Waals surface area contributed by atoms with E-state index < -0.39 is 10.0 Å². The molecule has 0 spiro atoms. The molecule has 0 atom stereocenters. The number of nitrogens with zero attached hydrogens (tertiary/aromatic N) is 1. The lowest BCUT2D eigenvalue weighted by Crippen LogP contribution is -2.25. The van der Waals surface area contributed by atoms with Gasteiger partial charge in [-0.3, -0.25) is 0 Å². The third-order valence-electron chi connectivity index (χ3n) is 3.22. The van der Waals surface area contributed by atoms with Crippen molar-refractivity contribution < 1.29 is 8.42 Å². The van der Waals surface area contributed by atoms with Crippen molar-refractivity contribution in [2.75, 3.05) is 6.54 Å². The molecule has 0 heterocycles. The van der Waals surface area contributed by atoms with Crippen molar-refractivity contribution in [2.45, 2.75) is 30.6 Å². The summed E-state index contributed by atoms with van der Waals surface area (Å²) in [7, 11) is -3.63. The van der Waals surface area contributed by atoms with Gasteiger partial charge in [0.1, 0.15) is 4.90 Å². The molecule has 1 aliphatic carbocycles. The Morgan fingerprint density at radius 1 is 1.40 bits per heavy atom. The van der Waals surface area contributed by atoms with Crippen molar-refractivity contribution in [1.29, 1.82) is 5.26 Å². The number of hydrogen-bond acceptors (Lipinski definition) is 3. The van der Waals surface area contributed by atoms with Gasteiger partial charge in [0.2, 0.25) is 10.0 Å². The third-order valence-corrected chi connectivity index (χ3v) is 5.17. The monoisotopic (exact) mass is 310 g/mol. The van der Waals surface area contributed by atoms with Crippen LogP contribution in [0.5, 0.6) is 0 Å². The van der Waals surface area contributed by atoms with Crippen LogP contribution in [0, 0.1) is 11.3 Å². The first kappa shape index (κ1) is 15.0. The highest BCUT2D eigenvalue weighted by Gasteiger charge is 2.18. The number of nitriles is 1. The summed E-state index contributed by atoms with van der Waals surface area (Å²) in [5.41, 5.74) is 1.64. The van der Waals surface area contributed by atoms with Crippen LogP contribution in [-0.2, 0) is 10.0 Å². The lowest BCUT2D eigenvalue weighted by atomic mass is 10.2. The summed E-state index contributed by atoms with van der Waals surface area (Å²) in [6.45, 7) is 0.366. The van der Waals surface area contributed by atoms with Crippen molar-refractivity contribution in [2.24, 2.45) is 0 Å². The summed E-state index contributed by atoms with van der Waals surface area (Å²) in [6.07, 6.45) is 6.20. The van der Waals surface area contributed by atoms with E-state index in [1.54, 1.807) is 0 Å². The number of rotatable bonds is 5. The molecule has 0 unspecified atom stereocenters. The van der Waals surface area contributed by atoms with E-state index in [-0.39, 0.29) is 9.92 Å². The van der Waals surface area contributed by atoms with Crippen LogP contribution in [0.2, 0.25) is 5.02 Å². The molecular weight excluding hydrogens is 296 g/mol. The van der Waals surface area contributed by atoms with Crippen LogP contribution in [0.4, 0.5) is 0 Å². The Kier molecular flexibility index (Phi) is 4.81. The summed E-state index contributed by atoms with van der Waals surface area (Å²) in [5, 5.41) is 8.80. The smallest absolute Gasteiger partial charge is 0.211 e. The second kappa shape index (κ2) is 6.40. The first-order valence-electron chi connectivity index (χ1n) is 6.40. The lowest BCUT2D eigenvalue weighted by molar-refractivity contribution is 0.581. The normalized spacial score (nSPS) is 14.9. The molecule has 2 rings (SSSR count). The van der Waals surface area contributed by atoms with Crippen LogP contribution in [0.25, 0.3) is 0 Å². The molecule has 0 aliphatic heterocycles. The number of allylic oxidation sites excluding steroid dienone is 1. The minimum Gasteiger partial charge on any atom is -0.211 e. The molecule has 0 aromatic heterocycles. The summed E-state index contributed by atoms with van der Waals surface area (Å²) >= 11 is 5.92. The van der Waals surface area contributed by atoms with Crippen molar-refractivity contribution in [1.82, 2.24) is 4.72 Å². The zero-order chi connectivity index (χ0) is 14.6. The predicted molar refractivity (Wildman–Crippen MR) is 77.9 cm³/mol. The molecule has 1 N–H and O–H groups in total. The van der Waals surface area contributed by atoms with Gasteiger partial charge in [-0.25, -0.2) is 13.1 Å². The first-order chi connectivity index (χ1) is 9.53. The zero-order valence-electron chi connectivity index (χ0n) is 10.9. The molecule has 106 valence electrons. The maximum Gasteiger partial charge on any atom is 0.242 e. The van der Waals surface area contributed by atoms with Gasteiger partial charge in [-0.2, -0.15) is 5.26 Å². The van der Waals surface area contributed by atoms with Crippen molar-refractivity contribution in [3.63, 3.8) is 0 Å². The number of sulfonamides is 1. The van der Waals surface area contributed by atoms with Gasteiger partial charge in [0.25, 0.3) is 0 Å².